The minimum absolute atomic E-state index is 0.0182. The van der Waals surface area contributed by atoms with E-state index in [1.54, 1.807) is 6.07 Å². The van der Waals surface area contributed by atoms with Crippen LogP contribution in [0, 0.1) is 5.92 Å². The molecule has 2 aliphatic rings. The molecule has 2 fully saturated rings. The number of allylic oxidation sites excluding steroid dienone is 1. The molecule has 2 heterocycles. The van der Waals surface area contributed by atoms with Crippen LogP contribution < -0.4 is 5.32 Å². The molecule has 0 bridgehead atoms. The first kappa shape index (κ1) is 23.3. The second kappa shape index (κ2) is 9.83. The second-order valence-corrected chi connectivity index (χ2v) is 8.56. The number of amides is 4. The highest BCUT2D eigenvalue weighted by Gasteiger charge is 2.56. The van der Waals surface area contributed by atoms with E-state index in [9.17, 15) is 14.4 Å². The van der Waals surface area contributed by atoms with Gasteiger partial charge in [0.15, 0.2) is 0 Å². The van der Waals surface area contributed by atoms with Crippen LogP contribution in [0.2, 0.25) is 5.02 Å². The summed E-state index contributed by atoms with van der Waals surface area (Å²) in [6.45, 7) is 5.21. The molecule has 0 saturated carbocycles. The molecule has 7 nitrogen and oxygen atoms in total. The molecule has 1 aromatic carbocycles. The summed E-state index contributed by atoms with van der Waals surface area (Å²) in [6, 6.07) is 6.98. The van der Waals surface area contributed by atoms with Crippen LogP contribution in [0.15, 0.2) is 35.9 Å². The first-order valence-corrected chi connectivity index (χ1v) is 11.0. The number of carbonyl (C=O) groups excluding carboxylic acids is 3. The van der Waals surface area contributed by atoms with Crippen LogP contribution in [-0.2, 0) is 20.7 Å². The van der Waals surface area contributed by atoms with Crippen molar-refractivity contribution in [2.75, 3.05) is 33.4 Å². The molecule has 0 unspecified atom stereocenters. The van der Waals surface area contributed by atoms with Gasteiger partial charge in [0.1, 0.15) is 5.54 Å². The van der Waals surface area contributed by atoms with E-state index in [-0.39, 0.29) is 30.9 Å². The molecule has 1 N–H and O–H groups in total. The molecule has 8 heteroatoms. The summed E-state index contributed by atoms with van der Waals surface area (Å²) in [5.74, 6) is -0.337. The number of nitrogens with one attached hydrogen (secondary N) is 1. The van der Waals surface area contributed by atoms with Crippen molar-refractivity contribution >= 4 is 29.4 Å². The van der Waals surface area contributed by atoms with E-state index < -0.39 is 11.6 Å². The molecule has 0 aliphatic carbocycles. The Kier molecular flexibility index (Phi) is 7.38. The molecule has 168 valence electrons. The lowest BCUT2D eigenvalue weighted by atomic mass is 9.73. The Hall–Kier alpha value is -2.38. The molecule has 31 heavy (non-hydrogen) atoms. The number of benzene rings is 1. The first-order chi connectivity index (χ1) is 14.8. The van der Waals surface area contributed by atoms with E-state index in [4.69, 9.17) is 16.3 Å². The molecule has 0 radical (unpaired) electrons. The summed E-state index contributed by atoms with van der Waals surface area (Å²) in [5, 5.41) is 3.57. The van der Waals surface area contributed by atoms with E-state index in [0.717, 1.165) is 5.56 Å². The maximum Gasteiger partial charge on any atom is 0.325 e. The van der Waals surface area contributed by atoms with Gasteiger partial charge < -0.3 is 15.0 Å². The SMILES string of the molecule is C/C=C(\C)C(=O)N1CCC([C@@]2(Cc3ccccc3Cl)NC(=O)N(CCOC)C2=O)CC1. The number of imide groups is 1. The van der Waals surface area contributed by atoms with Gasteiger partial charge >= 0.3 is 6.03 Å². The van der Waals surface area contributed by atoms with Crippen molar-refractivity contribution in [3.63, 3.8) is 0 Å². The lowest BCUT2D eigenvalue weighted by molar-refractivity contribution is -0.135. The van der Waals surface area contributed by atoms with Crippen LogP contribution in [0.4, 0.5) is 4.79 Å². The van der Waals surface area contributed by atoms with Crippen molar-refractivity contribution in [2.24, 2.45) is 5.92 Å². The number of likely N-dealkylation sites (tertiary alicyclic amines) is 1. The smallest absolute Gasteiger partial charge is 0.325 e. The number of piperidine rings is 1. The second-order valence-electron chi connectivity index (χ2n) is 8.16. The fourth-order valence-corrected chi connectivity index (χ4v) is 4.66. The van der Waals surface area contributed by atoms with Crippen molar-refractivity contribution in [2.45, 2.75) is 38.6 Å². The highest BCUT2D eigenvalue weighted by molar-refractivity contribution is 6.31. The minimum Gasteiger partial charge on any atom is -0.383 e. The van der Waals surface area contributed by atoms with Crippen LogP contribution in [-0.4, -0.2) is 66.5 Å². The maximum absolute atomic E-state index is 13.6. The van der Waals surface area contributed by atoms with Crippen LogP contribution >= 0.6 is 11.6 Å². The Bertz CT molecular complexity index is 879. The van der Waals surface area contributed by atoms with E-state index in [1.807, 2.05) is 43.0 Å². The Balaban J connectivity index is 1.87. The van der Waals surface area contributed by atoms with Crippen LogP contribution in [0.5, 0.6) is 0 Å². The number of carbonyl (C=O) groups is 3. The molecular formula is C23H30ClN3O4. The third-order valence-corrected chi connectivity index (χ3v) is 6.77. The highest BCUT2D eigenvalue weighted by Crippen LogP contribution is 2.37. The number of methoxy groups -OCH3 is 1. The lowest BCUT2D eigenvalue weighted by Crippen LogP contribution is -2.58. The van der Waals surface area contributed by atoms with Gasteiger partial charge in [0.2, 0.25) is 5.91 Å². The summed E-state index contributed by atoms with van der Waals surface area (Å²) in [5.41, 5.74) is 0.440. The molecule has 0 spiro atoms. The van der Waals surface area contributed by atoms with Crippen molar-refractivity contribution in [1.29, 1.82) is 0 Å². The Labute approximate surface area is 188 Å². The van der Waals surface area contributed by atoms with Crippen molar-refractivity contribution < 1.29 is 19.1 Å². The number of hydrogen-bond donors (Lipinski definition) is 1. The number of hydrogen-bond acceptors (Lipinski definition) is 4. The normalized spacial score (nSPS) is 22.8. The minimum atomic E-state index is -1.08. The molecule has 0 aromatic heterocycles. The van der Waals surface area contributed by atoms with Crippen LogP contribution in [0.25, 0.3) is 0 Å². The van der Waals surface area contributed by atoms with Gasteiger partial charge in [0.25, 0.3) is 5.91 Å². The molecule has 2 saturated heterocycles. The third-order valence-electron chi connectivity index (χ3n) is 6.40. The number of rotatable bonds is 7. The Morgan fingerprint density at radius 2 is 1.97 bits per heavy atom. The van der Waals surface area contributed by atoms with Gasteiger partial charge in [-0.05, 0) is 44.2 Å². The summed E-state index contributed by atoms with van der Waals surface area (Å²) in [6.07, 6.45) is 3.36. The Morgan fingerprint density at radius 3 is 2.58 bits per heavy atom. The van der Waals surface area contributed by atoms with Crippen LogP contribution in [0.3, 0.4) is 0 Å². The monoisotopic (exact) mass is 447 g/mol. The molecule has 2 aliphatic heterocycles. The summed E-state index contributed by atoms with van der Waals surface area (Å²) < 4.78 is 5.08. The fraction of sp³-hybridized carbons (Fsp3) is 0.522. The van der Waals surface area contributed by atoms with Crippen LogP contribution in [0.1, 0.15) is 32.3 Å². The van der Waals surface area contributed by atoms with Gasteiger partial charge in [-0.2, -0.15) is 0 Å². The molecule has 1 aromatic rings. The fourth-order valence-electron chi connectivity index (χ4n) is 4.46. The van der Waals surface area contributed by atoms with Crippen molar-refractivity contribution in [3.05, 3.63) is 46.5 Å². The summed E-state index contributed by atoms with van der Waals surface area (Å²) in [7, 11) is 1.54. The van der Waals surface area contributed by atoms with Gasteiger partial charge in [0, 0.05) is 37.2 Å². The van der Waals surface area contributed by atoms with Crippen molar-refractivity contribution in [3.8, 4) is 0 Å². The average Bonchev–Trinajstić information content (AvgIpc) is 3.02. The molecule has 1 atom stereocenters. The first-order valence-electron chi connectivity index (χ1n) is 10.6. The zero-order valence-corrected chi connectivity index (χ0v) is 19.1. The van der Waals surface area contributed by atoms with E-state index in [0.29, 0.717) is 42.9 Å². The van der Waals surface area contributed by atoms with Gasteiger partial charge in [-0.1, -0.05) is 35.9 Å². The van der Waals surface area contributed by atoms with E-state index >= 15 is 0 Å². The molecular weight excluding hydrogens is 418 g/mol. The summed E-state index contributed by atoms with van der Waals surface area (Å²) in [4.78, 5) is 41.9. The topological polar surface area (TPSA) is 79.0 Å². The van der Waals surface area contributed by atoms with Crippen molar-refractivity contribution in [1.82, 2.24) is 15.1 Å². The quantitative estimate of drug-likeness (QED) is 0.514. The highest BCUT2D eigenvalue weighted by atomic mass is 35.5. The number of ether oxygens (including phenoxy) is 1. The van der Waals surface area contributed by atoms with Gasteiger partial charge in [-0.3, -0.25) is 14.5 Å². The van der Waals surface area contributed by atoms with Gasteiger partial charge in [-0.25, -0.2) is 4.79 Å². The molecule has 3 rings (SSSR count). The van der Waals surface area contributed by atoms with E-state index in [1.165, 1.54) is 12.0 Å². The van der Waals surface area contributed by atoms with E-state index in [2.05, 4.69) is 5.32 Å². The predicted octanol–water partition coefficient (Wildman–Crippen LogP) is 3.02. The summed E-state index contributed by atoms with van der Waals surface area (Å²) >= 11 is 6.41. The third kappa shape index (κ3) is 4.62. The zero-order chi connectivity index (χ0) is 22.6. The maximum atomic E-state index is 13.6. The standard InChI is InChI=1S/C23H30ClN3O4/c1-4-16(2)20(28)26-11-9-18(10-12-26)23(15-17-7-5-6-8-19(17)24)21(29)27(13-14-31-3)22(30)25-23/h4-8,18H,9-15H2,1-3H3,(H,25,30)/b16-4+/t23-/m1/s1. The molecule has 4 amide bonds. The predicted molar refractivity (Wildman–Crippen MR) is 119 cm³/mol. The number of nitrogens with zero attached hydrogens (tertiary/aromatic N) is 2. The van der Waals surface area contributed by atoms with Gasteiger partial charge in [-0.15, -0.1) is 0 Å². The lowest BCUT2D eigenvalue weighted by Gasteiger charge is -2.41. The largest absolute Gasteiger partial charge is 0.383 e. The number of halogens is 1. The number of urea groups is 1. The zero-order valence-electron chi connectivity index (χ0n) is 18.3. The van der Waals surface area contributed by atoms with Gasteiger partial charge in [0.05, 0.1) is 13.2 Å². The Morgan fingerprint density at radius 1 is 1.29 bits per heavy atom. The average molecular weight is 448 g/mol.